The van der Waals surface area contributed by atoms with Crippen molar-refractivity contribution < 1.29 is 14.3 Å². The lowest BCUT2D eigenvalue weighted by molar-refractivity contribution is -0.149. The molecule has 20 heavy (non-hydrogen) atoms. The molecule has 0 radical (unpaired) electrons. The van der Waals surface area contributed by atoms with Crippen LogP contribution in [0.25, 0.3) is 0 Å². The molecule has 2 fully saturated rings. The zero-order valence-electron chi connectivity index (χ0n) is 12.6. The molecule has 1 N–H and O–H groups in total. The molecule has 0 spiro atoms. The largest absolute Gasteiger partial charge is 0.465 e. The van der Waals surface area contributed by atoms with Crippen molar-refractivity contribution in [3.8, 4) is 0 Å². The third-order valence-corrected chi connectivity index (χ3v) is 4.43. The number of esters is 1. The molecule has 1 aliphatic heterocycles. The highest BCUT2D eigenvalue weighted by Crippen LogP contribution is 2.22. The van der Waals surface area contributed by atoms with Crippen LogP contribution in [-0.2, 0) is 14.3 Å². The summed E-state index contributed by atoms with van der Waals surface area (Å²) in [5, 5.41) is 3.11. The summed E-state index contributed by atoms with van der Waals surface area (Å²) < 4.78 is 5.11. The van der Waals surface area contributed by atoms with Crippen LogP contribution in [0.5, 0.6) is 0 Å². The van der Waals surface area contributed by atoms with Gasteiger partial charge in [0.1, 0.15) is 6.04 Å². The minimum absolute atomic E-state index is 0.0492. The summed E-state index contributed by atoms with van der Waals surface area (Å²) in [6.07, 6.45) is 6.31. The molecule has 114 valence electrons. The normalized spacial score (nSPS) is 25.6. The van der Waals surface area contributed by atoms with Gasteiger partial charge in [-0.1, -0.05) is 12.8 Å². The third kappa shape index (κ3) is 3.51. The number of likely N-dealkylation sites (tertiary alicyclic amines) is 1. The number of nitrogens with zero attached hydrogens (tertiary/aromatic N) is 1. The smallest absolute Gasteiger partial charge is 0.323 e. The van der Waals surface area contributed by atoms with Crippen LogP contribution < -0.4 is 5.32 Å². The summed E-state index contributed by atoms with van der Waals surface area (Å²) in [4.78, 5) is 26.2. The summed E-state index contributed by atoms with van der Waals surface area (Å²) in [6.45, 7) is 4.89. The lowest BCUT2D eigenvalue weighted by Gasteiger charge is -2.29. The average molecular weight is 282 g/mol. The standard InChI is InChI=1S/C15H26N2O3/c1-3-20-15(19)13-9-6-10-17(13)11(2)14(18)16-12-7-4-5-8-12/h11-13H,3-10H2,1-2H3,(H,16,18). The van der Waals surface area contributed by atoms with Gasteiger partial charge in [0, 0.05) is 6.04 Å². The SMILES string of the molecule is CCOC(=O)C1CCCN1C(C)C(=O)NC1CCCC1. The van der Waals surface area contributed by atoms with Gasteiger partial charge in [0.15, 0.2) is 0 Å². The Morgan fingerprint density at radius 3 is 2.60 bits per heavy atom. The maximum absolute atomic E-state index is 12.3. The molecule has 2 aliphatic rings. The van der Waals surface area contributed by atoms with E-state index in [1.807, 2.05) is 18.7 Å². The fraction of sp³-hybridized carbons (Fsp3) is 0.867. The fourth-order valence-electron chi connectivity index (χ4n) is 3.29. The zero-order valence-corrected chi connectivity index (χ0v) is 12.6. The van der Waals surface area contributed by atoms with Gasteiger partial charge in [-0.25, -0.2) is 0 Å². The fourth-order valence-corrected chi connectivity index (χ4v) is 3.29. The van der Waals surface area contributed by atoms with Gasteiger partial charge >= 0.3 is 5.97 Å². The molecule has 0 aromatic heterocycles. The Kier molecular flexibility index (Phi) is 5.40. The first-order valence-electron chi connectivity index (χ1n) is 7.86. The van der Waals surface area contributed by atoms with Crippen molar-refractivity contribution in [2.75, 3.05) is 13.2 Å². The number of carbonyl (C=O) groups excluding carboxylic acids is 2. The number of hydrogen-bond acceptors (Lipinski definition) is 4. The Balaban J connectivity index is 1.90. The van der Waals surface area contributed by atoms with Crippen molar-refractivity contribution in [1.29, 1.82) is 0 Å². The summed E-state index contributed by atoms with van der Waals surface area (Å²) in [5.74, 6) is -0.140. The Morgan fingerprint density at radius 1 is 1.25 bits per heavy atom. The highest BCUT2D eigenvalue weighted by molar-refractivity contribution is 5.83. The van der Waals surface area contributed by atoms with Crippen LogP contribution in [-0.4, -0.2) is 48.1 Å². The average Bonchev–Trinajstić information content (AvgIpc) is 3.08. The van der Waals surface area contributed by atoms with Gasteiger partial charge in [0.25, 0.3) is 0 Å². The van der Waals surface area contributed by atoms with Gasteiger partial charge in [0.2, 0.25) is 5.91 Å². The third-order valence-electron chi connectivity index (χ3n) is 4.43. The van der Waals surface area contributed by atoms with Gasteiger partial charge in [-0.3, -0.25) is 14.5 Å². The van der Waals surface area contributed by atoms with Gasteiger partial charge in [0.05, 0.1) is 12.6 Å². The molecular formula is C15H26N2O3. The molecule has 2 rings (SSSR count). The van der Waals surface area contributed by atoms with Crippen LogP contribution in [0.3, 0.4) is 0 Å². The minimum Gasteiger partial charge on any atom is -0.465 e. The second kappa shape index (κ2) is 7.07. The first kappa shape index (κ1) is 15.3. The Labute approximate surface area is 121 Å². The molecule has 0 bridgehead atoms. The van der Waals surface area contributed by atoms with E-state index in [0.717, 1.165) is 32.2 Å². The molecule has 1 saturated carbocycles. The van der Waals surface area contributed by atoms with Gasteiger partial charge < -0.3 is 10.1 Å². The van der Waals surface area contributed by atoms with E-state index in [-0.39, 0.29) is 24.0 Å². The van der Waals surface area contributed by atoms with Crippen LogP contribution in [0.2, 0.25) is 0 Å². The van der Waals surface area contributed by atoms with E-state index >= 15 is 0 Å². The minimum atomic E-state index is -0.257. The van der Waals surface area contributed by atoms with Crippen molar-refractivity contribution in [3.05, 3.63) is 0 Å². The van der Waals surface area contributed by atoms with Crippen LogP contribution >= 0.6 is 0 Å². The number of rotatable bonds is 5. The van der Waals surface area contributed by atoms with Crippen LogP contribution in [0.4, 0.5) is 0 Å². The lowest BCUT2D eigenvalue weighted by atomic mass is 10.1. The number of amides is 1. The molecule has 0 aromatic rings. The van der Waals surface area contributed by atoms with Crippen molar-refractivity contribution in [2.45, 2.75) is 70.5 Å². The molecular weight excluding hydrogens is 256 g/mol. The van der Waals surface area contributed by atoms with E-state index in [4.69, 9.17) is 4.74 Å². The zero-order chi connectivity index (χ0) is 14.5. The molecule has 1 saturated heterocycles. The summed E-state index contributed by atoms with van der Waals surface area (Å²) in [6, 6.07) is -0.180. The predicted molar refractivity (Wildman–Crippen MR) is 76.2 cm³/mol. The topological polar surface area (TPSA) is 58.6 Å². The maximum Gasteiger partial charge on any atom is 0.323 e. The van der Waals surface area contributed by atoms with Gasteiger partial charge in [-0.2, -0.15) is 0 Å². The summed E-state index contributed by atoms with van der Waals surface area (Å²) in [5.41, 5.74) is 0. The molecule has 1 amide bonds. The maximum atomic E-state index is 12.3. The molecule has 1 heterocycles. The van der Waals surface area contributed by atoms with E-state index in [1.54, 1.807) is 0 Å². The van der Waals surface area contributed by atoms with Gasteiger partial charge in [-0.15, -0.1) is 0 Å². The number of nitrogens with one attached hydrogen (secondary N) is 1. The number of carbonyl (C=O) groups is 2. The molecule has 1 aliphatic carbocycles. The highest BCUT2D eigenvalue weighted by atomic mass is 16.5. The number of hydrogen-bond donors (Lipinski definition) is 1. The lowest BCUT2D eigenvalue weighted by Crippen LogP contribution is -2.51. The monoisotopic (exact) mass is 282 g/mol. The first-order chi connectivity index (χ1) is 9.63. The van der Waals surface area contributed by atoms with E-state index < -0.39 is 0 Å². The Hall–Kier alpha value is -1.10. The second-order valence-corrected chi connectivity index (χ2v) is 5.81. The van der Waals surface area contributed by atoms with E-state index in [1.165, 1.54) is 12.8 Å². The Morgan fingerprint density at radius 2 is 1.95 bits per heavy atom. The highest BCUT2D eigenvalue weighted by Gasteiger charge is 2.37. The molecule has 0 aromatic carbocycles. The van der Waals surface area contributed by atoms with Crippen molar-refractivity contribution in [3.63, 3.8) is 0 Å². The number of ether oxygens (including phenoxy) is 1. The molecule has 5 heteroatoms. The summed E-state index contributed by atoms with van der Waals surface area (Å²) >= 11 is 0. The van der Waals surface area contributed by atoms with Crippen LogP contribution in [0.15, 0.2) is 0 Å². The summed E-state index contributed by atoms with van der Waals surface area (Å²) in [7, 11) is 0. The molecule has 2 unspecified atom stereocenters. The van der Waals surface area contributed by atoms with E-state index in [2.05, 4.69) is 5.32 Å². The van der Waals surface area contributed by atoms with E-state index in [0.29, 0.717) is 12.6 Å². The van der Waals surface area contributed by atoms with Crippen molar-refractivity contribution >= 4 is 11.9 Å². The molecule has 2 atom stereocenters. The quantitative estimate of drug-likeness (QED) is 0.776. The van der Waals surface area contributed by atoms with Crippen LogP contribution in [0, 0.1) is 0 Å². The van der Waals surface area contributed by atoms with Crippen molar-refractivity contribution in [2.24, 2.45) is 0 Å². The predicted octanol–water partition coefficient (Wildman–Crippen LogP) is 1.46. The Bertz CT molecular complexity index is 353. The van der Waals surface area contributed by atoms with E-state index in [9.17, 15) is 9.59 Å². The first-order valence-corrected chi connectivity index (χ1v) is 7.86. The van der Waals surface area contributed by atoms with Crippen LogP contribution in [0.1, 0.15) is 52.4 Å². The second-order valence-electron chi connectivity index (χ2n) is 5.81. The van der Waals surface area contributed by atoms with Gasteiger partial charge in [-0.05, 0) is 46.1 Å². The van der Waals surface area contributed by atoms with Crippen molar-refractivity contribution in [1.82, 2.24) is 10.2 Å². The molecule has 5 nitrogen and oxygen atoms in total.